The van der Waals surface area contributed by atoms with Crippen LogP contribution < -0.4 is 10.6 Å². The number of rotatable bonds is 6. The molecule has 0 saturated heterocycles. The molecule has 2 amide bonds. The first-order valence-electron chi connectivity index (χ1n) is 8.50. The van der Waals surface area contributed by atoms with Crippen LogP contribution in [0.4, 0.5) is 5.69 Å². The molecule has 0 aromatic heterocycles. The van der Waals surface area contributed by atoms with Gasteiger partial charge in [0.15, 0.2) is 0 Å². The minimum absolute atomic E-state index is 0.0639. The minimum Gasteiger partial charge on any atom is -0.396 e. The lowest BCUT2D eigenvalue weighted by Gasteiger charge is -2.07. The molecule has 23 heavy (non-hydrogen) atoms. The van der Waals surface area contributed by atoms with E-state index in [1.807, 2.05) is 0 Å². The second kappa shape index (κ2) is 7.13. The van der Waals surface area contributed by atoms with Crippen LogP contribution in [0.25, 0.3) is 0 Å². The predicted octanol–water partition coefficient (Wildman–Crippen LogP) is 2.17. The first-order chi connectivity index (χ1) is 11.2. The summed E-state index contributed by atoms with van der Waals surface area (Å²) in [6.07, 6.45) is 5.44. The van der Waals surface area contributed by atoms with Gasteiger partial charge in [0.1, 0.15) is 0 Å². The summed E-state index contributed by atoms with van der Waals surface area (Å²) in [5, 5.41) is 14.4. The molecule has 124 valence electrons. The predicted molar refractivity (Wildman–Crippen MR) is 88.0 cm³/mol. The van der Waals surface area contributed by atoms with Crippen LogP contribution in [-0.2, 0) is 4.79 Å². The molecule has 5 nitrogen and oxygen atoms in total. The molecular weight excluding hydrogens is 292 g/mol. The van der Waals surface area contributed by atoms with Gasteiger partial charge < -0.3 is 15.7 Å². The Kier molecular flexibility index (Phi) is 4.96. The van der Waals surface area contributed by atoms with Crippen LogP contribution in [0.5, 0.6) is 0 Å². The monoisotopic (exact) mass is 316 g/mol. The zero-order valence-corrected chi connectivity index (χ0v) is 13.3. The van der Waals surface area contributed by atoms with E-state index in [1.165, 1.54) is 25.7 Å². The van der Waals surface area contributed by atoms with Crippen LogP contribution in [0, 0.1) is 17.8 Å². The molecular formula is C18H24N2O3. The lowest BCUT2D eigenvalue weighted by atomic mass is 10.0. The van der Waals surface area contributed by atoms with Gasteiger partial charge in [-0.1, -0.05) is 12.8 Å². The third-order valence-corrected chi connectivity index (χ3v) is 4.99. The Balaban J connectivity index is 1.51. The van der Waals surface area contributed by atoms with Crippen LogP contribution in [0.15, 0.2) is 24.3 Å². The fourth-order valence-electron chi connectivity index (χ4n) is 3.69. The zero-order valence-electron chi connectivity index (χ0n) is 13.3. The van der Waals surface area contributed by atoms with Crippen LogP contribution in [-0.4, -0.2) is 30.1 Å². The van der Waals surface area contributed by atoms with E-state index in [0.29, 0.717) is 30.4 Å². The van der Waals surface area contributed by atoms with Crippen LogP contribution >= 0.6 is 0 Å². The van der Waals surface area contributed by atoms with E-state index in [9.17, 15) is 9.59 Å². The fourth-order valence-corrected chi connectivity index (χ4v) is 3.69. The maximum Gasteiger partial charge on any atom is 0.251 e. The van der Waals surface area contributed by atoms with Crippen molar-refractivity contribution in [1.82, 2.24) is 5.32 Å². The number of hydrogen-bond donors (Lipinski definition) is 3. The number of carbonyl (C=O) groups is 2. The average Bonchev–Trinajstić information content (AvgIpc) is 3.30. The van der Waals surface area contributed by atoms with Gasteiger partial charge in [-0.25, -0.2) is 0 Å². The van der Waals surface area contributed by atoms with Gasteiger partial charge in [-0.2, -0.15) is 0 Å². The van der Waals surface area contributed by atoms with E-state index in [-0.39, 0.29) is 24.3 Å². The van der Waals surface area contributed by atoms with Crippen molar-refractivity contribution in [1.29, 1.82) is 0 Å². The highest BCUT2D eigenvalue weighted by Crippen LogP contribution is 2.55. The largest absolute Gasteiger partial charge is 0.396 e. The molecule has 0 spiro atoms. The molecule has 2 aliphatic carbocycles. The maximum absolute atomic E-state index is 12.3. The van der Waals surface area contributed by atoms with E-state index in [0.717, 1.165) is 5.69 Å². The lowest BCUT2D eigenvalue weighted by Crippen LogP contribution is -2.25. The molecule has 0 bridgehead atoms. The number of carbonyl (C=O) groups excluding carboxylic acids is 2. The van der Waals surface area contributed by atoms with Crippen molar-refractivity contribution in [2.75, 3.05) is 18.5 Å². The van der Waals surface area contributed by atoms with E-state index < -0.39 is 0 Å². The summed E-state index contributed by atoms with van der Waals surface area (Å²) in [7, 11) is 0. The average molecular weight is 316 g/mol. The van der Waals surface area contributed by atoms with Gasteiger partial charge >= 0.3 is 0 Å². The van der Waals surface area contributed by atoms with Crippen molar-refractivity contribution < 1.29 is 14.7 Å². The smallest absolute Gasteiger partial charge is 0.251 e. The van der Waals surface area contributed by atoms with Gasteiger partial charge in [0.05, 0.1) is 0 Å². The Hall–Kier alpha value is -1.88. The molecule has 1 aromatic carbocycles. The summed E-state index contributed by atoms with van der Waals surface area (Å²) in [4.78, 5) is 24.2. The second-order valence-electron chi connectivity index (χ2n) is 6.54. The topological polar surface area (TPSA) is 78.4 Å². The standard InChI is InChI=1S/C18H24N2O3/c21-11-3-10-19-17(22)12-6-8-13(9-7-12)20-18(23)16-14-4-1-2-5-15(14)16/h6-9,14-16,21H,1-5,10-11H2,(H,19,22)(H,20,23). The first-order valence-corrected chi connectivity index (χ1v) is 8.50. The Morgan fingerprint density at radius 1 is 1.09 bits per heavy atom. The van der Waals surface area contributed by atoms with Crippen molar-refractivity contribution in [3.63, 3.8) is 0 Å². The number of aliphatic hydroxyl groups excluding tert-OH is 1. The summed E-state index contributed by atoms with van der Waals surface area (Å²) >= 11 is 0. The highest BCUT2D eigenvalue weighted by Gasteiger charge is 2.54. The van der Waals surface area contributed by atoms with Crippen molar-refractivity contribution in [2.24, 2.45) is 17.8 Å². The van der Waals surface area contributed by atoms with E-state index in [2.05, 4.69) is 10.6 Å². The summed E-state index contributed by atoms with van der Waals surface area (Å²) in [6, 6.07) is 6.96. The third-order valence-electron chi connectivity index (χ3n) is 4.99. The van der Waals surface area contributed by atoms with Gasteiger partial charge in [0.2, 0.25) is 5.91 Å². The molecule has 3 rings (SSSR count). The van der Waals surface area contributed by atoms with E-state index in [4.69, 9.17) is 5.11 Å². The maximum atomic E-state index is 12.3. The fraction of sp³-hybridized carbons (Fsp3) is 0.556. The molecule has 2 fully saturated rings. The summed E-state index contributed by atoms with van der Waals surface area (Å²) < 4.78 is 0. The number of amides is 2. The van der Waals surface area contributed by atoms with Gasteiger partial charge in [-0.15, -0.1) is 0 Å². The molecule has 5 heteroatoms. The molecule has 2 unspecified atom stereocenters. The normalized spacial score (nSPS) is 25.3. The van der Waals surface area contributed by atoms with Crippen LogP contribution in [0.1, 0.15) is 42.5 Å². The van der Waals surface area contributed by atoms with Gasteiger partial charge in [-0.3, -0.25) is 9.59 Å². The first kappa shape index (κ1) is 16.0. The lowest BCUT2D eigenvalue weighted by molar-refractivity contribution is -0.117. The number of aliphatic hydroxyl groups is 1. The SMILES string of the molecule is O=C(NCCCO)c1ccc(NC(=O)C2C3CCCCC32)cc1. The van der Waals surface area contributed by atoms with Gasteiger partial charge in [-0.05, 0) is 55.4 Å². The van der Waals surface area contributed by atoms with Gasteiger partial charge in [0, 0.05) is 30.3 Å². The third kappa shape index (κ3) is 3.72. The molecule has 0 radical (unpaired) electrons. The summed E-state index contributed by atoms with van der Waals surface area (Å²) in [5.74, 6) is 1.35. The number of benzene rings is 1. The molecule has 2 atom stereocenters. The van der Waals surface area contributed by atoms with Crippen molar-refractivity contribution in [3.8, 4) is 0 Å². The molecule has 3 N–H and O–H groups in total. The summed E-state index contributed by atoms with van der Waals surface area (Å²) in [5.41, 5.74) is 1.30. The van der Waals surface area contributed by atoms with Crippen molar-refractivity contribution in [2.45, 2.75) is 32.1 Å². The number of anilines is 1. The quantitative estimate of drug-likeness (QED) is 0.704. The molecule has 0 heterocycles. The number of fused-ring (bicyclic) bond motifs is 1. The molecule has 1 aromatic rings. The van der Waals surface area contributed by atoms with Gasteiger partial charge in [0.25, 0.3) is 5.91 Å². The molecule has 0 aliphatic heterocycles. The number of nitrogens with one attached hydrogen (secondary N) is 2. The number of hydrogen-bond acceptors (Lipinski definition) is 3. The highest BCUT2D eigenvalue weighted by atomic mass is 16.3. The zero-order chi connectivity index (χ0) is 16.2. The second-order valence-corrected chi connectivity index (χ2v) is 6.54. The highest BCUT2D eigenvalue weighted by molar-refractivity contribution is 5.97. The Morgan fingerprint density at radius 3 is 2.35 bits per heavy atom. The summed E-state index contributed by atoms with van der Waals surface area (Å²) in [6.45, 7) is 0.521. The minimum atomic E-state index is -0.162. The van der Waals surface area contributed by atoms with E-state index >= 15 is 0 Å². The van der Waals surface area contributed by atoms with Crippen LogP contribution in [0.2, 0.25) is 0 Å². The van der Waals surface area contributed by atoms with Crippen molar-refractivity contribution >= 4 is 17.5 Å². The molecule has 2 saturated carbocycles. The van der Waals surface area contributed by atoms with Crippen LogP contribution in [0.3, 0.4) is 0 Å². The van der Waals surface area contributed by atoms with E-state index in [1.54, 1.807) is 24.3 Å². The Bertz CT molecular complexity index is 558. The van der Waals surface area contributed by atoms with Crippen molar-refractivity contribution in [3.05, 3.63) is 29.8 Å². The Morgan fingerprint density at radius 2 is 1.74 bits per heavy atom. The molecule has 2 aliphatic rings. The Labute approximate surface area is 136 Å².